The first-order valence-corrected chi connectivity index (χ1v) is 8.60. The molecule has 108 valence electrons. The molecule has 1 unspecified atom stereocenters. The summed E-state index contributed by atoms with van der Waals surface area (Å²) in [4.78, 5) is 0. The van der Waals surface area contributed by atoms with E-state index in [-0.39, 0.29) is 5.54 Å². The molecule has 2 heteroatoms. The van der Waals surface area contributed by atoms with Crippen LogP contribution in [0.2, 0.25) is 0 Å². The summed E-state index contributed by atoms with van der Waals surface area (Å²) in [5.41, 5.74) is 3.14. The molecule has 1 N–H and O–H groups in total. The lowest BCUT2D eigenvalue weighted by Crippen LogP contribution is -2.39. The van der Waals surface area contributed by atoms with Crippen LogP contribution in [0.25, 0.3) is 0 Å². The average molecular weight is 279 g/mol. The number of hydrogen-bond acceptors (Lipinski definition) is 2. The fourth-order valence-corrected chi connectivity index (χ4v) is 2.73. The van der Waals surface area contributed by atoms with Crippen LogP contribution in [0.3, 0.4) is 0 Å². The average Bonchev–Trinajstić information content (AvgIpc) is 2.34. The largest absolute Gasteiger partial charge is 0.312 e. The Morgan fingerprint density at radius 2 is 1.89 bits per heavy atom. The lowest BCUT2D eigenvalue weighted by atomic mass is 9.93. The van der Waals surface area contributed by atoms with Gasteiger partial charge < -0.3 is 5.32 Å². The van der Waals surface area contributed by atoms with Crippen molar-refractivity contribution in [1.29, 1.82) is 0 Å². The normalized spacial score (nSPS) is 13.5. The maximum atomic E-state index is 3.66. The van der Waals surface area contributed by atoms with Crippen molar-refractivity contribution in [2.75, 3.05) is 18.6 Å². The number of nitrogens with one attached hydrogen (secondary N) is 1. The van der Waals surface area contributed by atoms with E-state index >= 15 is 0 Å². The summed E-state index contributed by atoms with van der Waals surface area (Å²) in [6, 6.07) is 8.78. The molecule has 0 aliphatic carbocycles. The molecule has 1 aromatic rings. The summed E-state index contributed by atoms with van der Waals surface area (Å²) in [7, 11) is 0. The van der Waals surface area contributed by atoms with Gasteiger partial charge in [-0.25, -0.2) is 0 Å². The van der Waals surface area contributed by atoms with Gasteiger partial charge >= 0.3 is 0 Å². The second-order valence-corrected chi connectivity index (χ2v) is 7.39. The molecule has 1 nitrogen and oxygen atoms in total. The highest BCUT2D eigenvalue weighted by molar-refractivity contribution is 7.98. The molecule has 1 aromatic carbocycles. The highest BCUT2D eigenvalue weighted by Gasteiger charge is 2.15. The second kappa shape index (κ2) is 7.96. The molecule has 0 saturated heterocycles. The van der Waals surface area contributed by atoms with Gasteiger partial charge in [0.15, 0.2) is 0 Å². The minimum Gasteiger partial charge on any atom is -0.312 e. The second-order valence-electron chi connectivity index (χ2n) is 6.41. The topological polar surface area (TPSA) is 12.0 Å². The molecule has 0 spiro atoms. The number of rotatable bonds is 7. The van der Waals surface area contributed by atoms with Crippen LogP contribution in [0.5, 0.6) is 0 Å². The number of benzene rings is 1. The van der Waals surface area contributed by atoms with Crippen molar-refractivity contribution in [3.8, 4) is 0 Å². The Hall–Kier alpha value is -0.470. The highest BCUT2D eigenvalue weighted by Crippen LogP contribution is 2.18. The molecule has 0 fully saturated rings. The summed E-state index contributed by atoms with van der Waals surface area (Å²) in [5, 5.41) is 3.66. The molecule has 1 rings (SSSR count). The quantitative estimate of drug-likeness (QED) is 0.799. The van der Waals surface area contributed by atoms with Crippen molar-refractivity contribution in [3.05, 3.63) is 35.4 Å². The van der Waals surface area contributed by atoms with Crippen LogP contribution in [-0.4, -0.2) is 24.1 Å². The minimum atomic E-state index is 0.212. The van der Waals surface area contributed by atoms with Crippen LogP contribution >= 0.6 is 11.8 Å². The monoisotopic (exact) mass is 279 g/mol. The Bertz CT molecular complexity index is 368. The van der Waals surface area contributed by atoms with Gasteiger partial charge in [-0.15, -0.1) is 0 Å². The van der Waals surface area contributed by atoms with Gasteiger partial charge in [0.05, 0.1) is 0 Å². The van der Waals surface area contributed by atoms with E-state index in [1.807, 2.05) is 11.8 Å². The standard InChI is InChI=1S/C17H29NS/c1-14-8-6-7-9-16(14)12-15(10-11-19-5)13-18-17(2,3)4/h6-9,15,18H,10-13H2,1-5H3. The van der Waals surface area contributed by atoms with Crippen LogP contribution in [0, 0.1) is 12.8 Å². The van der Waals surface area contributed by atoms with Crippen LogP contribution in [0.4, 0.5) is 0 Å². The van der Waals surface area contributed by atoms with Gasteiger partial charge in [0.2, 0.25) is 0 Å². The van der Waals surface area contributed by atoms with Gasteiger partial charge in [0, 0.05) is 5.54 Å². The molecule has 19 heavy (non-hydrogen) atoms. The van der Waals surface area contributed by atoms with E-state index in [1.54, 1.807) is 0 Å². The number of aryl methyl sites for hydroxylation is 1. The summed E-state index contributed by atoms with van der Waals surface area (Å²) < 4.78 is 0. The van der Waals surface area contributed by atoms with Gasteiger partial charge in [-0.1, -0.05) is 24.3 Å². The maximum Gasteiger partial charge on any atom is 0.00966 e. The zero-order valence-corrected chi connectivity index (χ0v) is 13.9. The summed E-state index contributed by atoms with van der Waals surface area (Å²) in [5.74, 6) is 1.98. The zero-order valence-electron chi connectivity index (χ0n) is 13.1. The predicted molar refractivity (Wildman–Crippen MR) is 89.1 cm³/mol. The number of hydrogen-bond donors (Lipinski definition) is 1. The molecular formula is C17H29NS. The Balaban J connectivity index is 2.61. The first-order chi connectivity index (χ1) is 8.92. The maximum absolute atomic E-state index is 3.66. The van der Waals surface area contributed by atoms with Crippen LogP contribution in [0.15, 0.2) is 24.3 Å². The molecule has 1 atom stereocenters. The Kier molecular flexibility index (Phi) is 6.95. The van der Waals surface area contributed by atoms with Crippen molar-refractivity contribution in [2.45, 2.75) is 46.1 Å². The first kappa shape index (κ1) is 16.6. The van der Waals surface area contributed by atoms with E-state index in [4.69, 9.17) is 0 Å². The fraction of sp³-hybridized carbons (Fsp3) is 0.647. The third-order valence-electron chi connectivity index (χ3n) is 3.42. The van der Waals surface area contributed by atoms with E-state index in [0.29, 0.717) is 0 Å². The van der Waals surface area contributed by atoms with Crippen molar-refractivity contribution in [1.82, 2.24) is 5.32 Å². The molecule has 0 aliphatic heterocycles. The van der Waals surface area contributed by atoms with Crippen LogP contribution in [0.1, 0.15) is 38.3 Å². The third-order valence-corrected chi connectivity index (χ3v) is 4.07. The van der Waals surface area contributed by atoms with Crippen molar-refractivity contribution in [3.63, 3.8) is 0 Å². The van der Waals surface area contributed by atoms with E-state index in [9.17, 15) is 0 Å². The third kappa shape index (κ3) is 7.03. The smallest absolute Gasteiger partial charge is 0.00966 e. The van der Waals surface area contributed by atoms with Gasteiger partial charge in [-0.3, -0.25) is 0 Å². The van der Waals surface area contributed by atoms with Crippen molar-refractivity contribution in [2.24, 2.45) is 5.92 Å². The van der Waals surface area contributed by atoms with E-state index in [2.05, 4.69) is 63.5 Å². The zero-order chi connectivity index (χ0) is 14.3. The molecule has 0 bridgehead atoms. The fourth-order valence-electron chi connectivity index (χ4n) is 2.16. The summed E-state index contributed by atoms with van der Waals surface area (Å²) in [6.45, 7) is 10.1. The minimum absolute atomic E-state index is 0.212. The lowest BCUT2D eigenvalue weighted by molar-refractivity contribution is 0.364. The van der Waals surface area contributed by atoms with Crippen molar-refractivity contribution >= 4 is 11.8 Å². The Morgan fingerprint density at radius 1 is 1.21 bits per heavy atom. The Labute approximate surface area is 123 Å². The molecule has 0 saturated carbocycles. The molecule has 0 amide bonds. The summed E-state index contributed by atoms with van der Waals surface area (Å²) >= 11 is 1.95. The van der Waals surface area contributed by atoms with Gasteiger partial charge in [-0.05, 0) is 76.1 Å². The number of thioether (sulfide) groups is 1. The van der Waals surface area contributed by atoms with E-state index in [0.717, 1.165) is 12.5 Å². The molecule has 0 aliphatic rings. The summed E-state index contributed by atoms with van der Waals surface area (Å²) in [6.07, 6.45) is 4.68. The van der Waals surface area contributed by atoms with E-state index < -0.39 is 0 Å². The first-order valence-electron chi connectivity index (χ1n) is 7.21. The SMILES string of the molecule is CSCCC(CNC(C)(C)C)Cc1ccccc1C. The molecule has 0 radical (unpaired) electrons. The van der Waals surface area contributed by atoms with E-state index in [1.165, 1.54) is 29.7 Å². The van der Waals surface area contributed by atoms with Crippen LogP contribution < -0.4 is 5.32 Å². The molecule has 0 aromatic heterocycles. The predicted octanol–water partition coefficient (Wildman–Crippen LogP) is 4.29. The van der Waals surface area contributed by atoms with Gasteiger partial charge in [-0.2, -0.15) is 11.8 Å². The van der Waals surface area contributed by atoms with Crippen molar-refractivity contribution < 1.29 is 0 Å². The van der Waals surface area contributed by atoms with Gasteiger partial charge in [0.25, 0.3) is 0 Å². The highest BCUT2D eigenvalue weighted by atomic mass is 32.2. The lowest BCUT2D eigenvalue weighted by Gasteiger charge is -2.25. The van der Waals surface area contributed by atoms with Gasteiger partial charge in [0.1, 0.15) is 0 Å². The molecular weight excluding hydrogens is 250 g/mol. The Morgan fingerprint density at radius 3 is 2.47 bits per heavy atom. The molecule has 0 heterocycles. The van der Waals surface area contributed by atoms with Crippen LogP contribution in [-0.2, 0) is 6.42 Å².